The molecular formula is C20H17NO4. The molecule has 5 nitrogen and oxygen atoms in total. The van der Waals surface area contributed by atoms with Crippen LogP contribution in [0.4, 0.5) is 5.69 Å². The zero-order valence-corrected chi connectivity index (χ0v) is 13.7. The Labute approximate surface area is 144 Å². The zero-order valence-electron chi connectivity index (χ0n) is 13.7. The fourth-order valence-electron chi connectivity index (χ4n) is 4.55. The van der Waals surface area contributed by atoms with Crippen LogP contribution in [0.25, 0.3) is 10.8 Å². The van der Waals surface area contributed by atoms with Gasteiger partial charge in [0.15, 0.2) is 0 Å². The van der Waals surface area contributed by atoms with Gasteiger partial charge in [0.05, 0.1) is 31.4 Å². The van der Waals surface area contributed by atoms with E-state index < -0.39 is 17.4 Å². The number of ether oxygens (including phenoxy) is 2. The molecule has 3 aliphatic heterocycles. The predicted molar refractivity (Wildman–Crippen MR) is 92.0 cm³/mol. The second-order valence-corrected chi connectivity index (χ2v) is 6.85. The van der Waals surface area contributed by atoms with Crippen molar-refractivity contribution in [2.45, 2.75) is 11.7 Å². The Kier molecular flexibility index (Phi) is 2.89. The van der Waals surface area contributed by atoms with Gasteiger partial charge in [-0.2, -0.15) is 0 Å². The maximum Gasteiger partial charge on any atom is 0.312 e. The summed E-state index contributed by atoms with van der Waals surface area (Å²) in [6, 6.07) is 13.9. The highest BCUT2D eigenvalue weighted by molar-refractivity contribution is 6.08. The molecule has 2 bridgehead atoms. The summed E-state index contributed by atoms with van der Waals surface area (Å²) in [5, 5.41) is 2.09. The number of nitrogens with zero attached hydrogens (tertiary/aromatic N) is 1. The van der Waals surface area contributed by atoms with E-state index in [2.05, 4.69) is 0 Å². The number of carbonyl (C=O) groups is 2. The Morgan fingerprint density at radius 3 is 2.88 bits per heavy atom. The maximum absolute atomic E-state index is 13.3. The first kappa shape index (κ1) is 14.7. The van der Waals surface area contributed by atoms with E-state index in [1.165, 1.54) is 7.11 Å². The van der Waals surface area contributed by atoms with Gasteiger partial charge in [0, 0.05) is 5.39 Å². The normalized spacial score (nSPS) is 32.4. The Hall–Kier alpha value is -2.66. The molecule has 3 heterocycles. The number of anilines is 1. The van der Waals surface area contributed by atoms with Gasteiger partial charge in [-0.3, -0.25) is 9.59 Å². The Morgan fingerprint density at radius 1 is 1.24 bits per heavy atom. The van der Waals surface area contributed by atoms with Gasteiger partial charge in [0.2, 0.25) is 5.91 Å². The number of benzene rings is 2. The lowest BCUT2D eigenvalue weighted by Crippen LogP contribution is -2.39. The molecule has 1 spiro atoms. The molecule has 1 amide bonds. The second-order valence-electron chi connectivity index (χ2n) is 6.85. The third kappa shape index (κ3) is 1.81. The Bertz CT molecular complexity index is 931. The Morgan fingerprint density at radius 2 is 2.04 bits per heavy atom. The molecule has 0 radical (unpaired) electrons. The van der Waals surface area contributed by atoms with Gasteiger partial charge in [-0.15, -0.1) is 0 Å². The van der Waals surface area contributed by atoms with Gasteiger partial charge < -0.3 is 14.4 Å². The number of fused-ring (bicyclic) bond motifs is 2. The number of hydrogen-bond donors (Lipinski definition) is 0. The lowest BCUT2D eigenvalue weighted by atomic mass is 9.77. The van der Waals surface area contributed by atoms with Gasteiger partial charge in [-0.25, -0.2) is 0 Å². The molecule has 5 rings (SSSR count). The van der Waals surface area contributed by atoms with Crippen LogP contribution in [0.3, 0.4) is 0 Å². The van der Waals surface area contributed by atoms with Crippen LogP contribution < -0.4 is 4.90 Å². The highest BCUT2D eigenvalue weighted by atomic mass is 16.5. The van der Waals surface area contributed by atoms with Crippen LogP contribution in [-0.4, -0.2) is 37.2 Å². The van der Waals surface area contributed by atoms with Crippen molar-refractivity contribution in [3.63, 3.8) is 0 Å². The van der Waals surface area contributed by atoms with Crippen LogP contribution in [-0.2, 0) is 19.1 Å². The van der Waals surface area contributed by atoms with E-state index in [0.29, 0.717) is 6.54 Å². The van der Waals surface area contributed by atoms with E-state index in [9.17, 15) is 9.59 Å². The van der Waals surface area contributed by atoms with Crippen molar-refractivity contribution >= 4 is 28.3 Å². The van der Waals surface area contributed by atoms with Crippen molar-refractivity contribution in [3.8, 4) is 0 Å². The average Bonchev–Trinajstić information content (AvgIpc) is 3.29. The van der Waals surface area contributed by atoms with E-state index >= 15 is 0 Å². The van der Waals surface area contributed by atoms with Crippen LogP contribution in [0, 0.1) is 11.8 Å². The van der Waals surface area contributed by atoms with Crippen molar-refractivity contribution < 1.29 is 19.1 Å². The van der Waals surface area contributed by atoms with E-state index in [1.807, 2.05) is 54.6 Å². The summed E-state index contributed by atoms with van der Waals surface area (Å²) in [5.41, 5.74) is 0.133. The van der Waals surface area contributed by atoms with Crippen LogP contribution in [0.2, 0.25) is 0 Å². The molecule has 5 heteroatoms. The molecule has 2 aromatic carbocycles. The fourth-order valence-corrected chi connectivity index (χ4v) is 4.55. The molecule has 3 aliphatic rings. The van der Waals surface area contributed by atoms with Gasteiger partial charge in [0.25, 0.3) is 0 Å². The molecule has 25 heavy (non-hydrogen) atoms. The maximum atomic E-state index is 13.3. The summed E-state index contributed by atoms with van der Waals surface area (Å²) in [5.74, 6) is -1.54. The quantitative estimate of drug-likeness (QED) is 0.624. The van der Waals surface area contributed by atoms with E-state index in [-0.39, 0.29) is 18.0 Å². The first-order valence-electron chi connectivity index (χ1n) is 8.39. The second kappa shape index (κ2) is 4.92. The lowest BCUT2D eigenvalue weighted by Gasteiger charge is -2.22. The largest absolute Gasteiger partial charge is 0.469 e. The highest BCUT2D eigenvalue weighted by Gasteiger charge is 2.67. The molecule has 2 saturated heterocycles. The summed E-state index contributed by atoms with van der Waals surface area (Å²) in [6.45, 7) is 0.422. The summed E-state index contributed by atoms with van der Waals surface area (Å²) in [7, 11) is 1.35. The molecule has 126 valence electrons. The first-order valence-corrected chi connectivity index (χ1v) is 8.39. The average molecular weight is 335 g/mol. The van der Waals surface area contributed by atoms with E-state index in [1.54, 1.807) is 4.90 Å². The number of hydrogen-bond acceptors (Lipinski definition) is 4. The number of esters is 1. The fraction of sp³-hybridized carbons (Fsp3) is 0.300. The van der Waals surface area contributed by atoms with E-state index in [0.717, 1.165) is 16.5 Å². The molecule has 4 atom stereocenters. The smallest absolute Gasteiger partial charge is 0.312 e. The molecule has 0 saturated carbocycles. The number of carbonyl (C=O) groups excluding carboxylic acids is 2. The number of methoxy groups -OCH3 is 1. The predicted octanol–water partition coefficient (Wildman–Crippen LogP) is 2.30. The van der Waals surface area contributed by atoms with E-state index in [4.69, 9.17) is 9.47 Å². The van der Waals surface area contributed by atoms with Crippen molar-refractivity contribution in [2.24, 2.45) is 11.8 Å². The van der Waals surface area contributed by atoms with Crippen molar-refractivity contribution in [3.05, 3.63) is 54.6 Å². The molecule has 0 aliphatic carbocycles. The third-order valence-electron chi connectivity index (χ3n) is 5.63. The molecule has 0 unspecified atom stereocenters. The van der Waals surface area contributed by atoms with Crippen molar-refractivity contribution in [1.29, 1.82) is 0 Å². The molecule has 0 N–H and O–H groups in total. The van der Waals surface area contributed by atoms with Crippen LogP contribution in [0.15, 0.2) is 54.6 Å². The van der Waals surface area contributed by atoms with Gasteiger partial charge in [-0.05, 0) is 11.5 Å². The molecule has 2 fully saturated rings. The van der Waals surface area contributed by atoms with Gasteiger partial charge >= 0.3 is 5.97 Å². The van der Waals surface area contributed by atoms with Gasteiger partial charge in [-0.1, -0.05) is 48.6 Å². The van der Waals surface area contributed by atoms with Crippen LogP contribution in [0.5, 0.6) is 0 Å². The minimum atomic E-state index is -0.725. The van der Waals surface area contributed by atoms with Crippen LogP contribution >= 0.6 is 0 Å². The van der Waals surface area contributed by atoms with Crippen molar-refractivity contribution in [2.75, 3.05) is 18.6 Å². The summed E-state index contributed by atoms with van der Waals surface area (Å²) >= 11 is 0. The van der Waals surface area contributed by atoms with Crippen molar-refractivity contribution in [1.82, 2.24) is 0 Å². The summed E-state index contributed by atoms with van der Waals surface area (Å²) in [6.07, 6.45) is 3.47. The summed E-state index contributed by atoms with van der Waals surface area (Å²) in [4.78, 5) is 27.2. The van der Waals surface area contributed by atoms with Gasteiger partial charge in [0.1, 0.15) is 11.5 Å². The monoisotopic (exact) mass is 335 g/mol. The third-order valence-corrected chi connectivity index (χ3v) is 5.63. The number of rotatable bonds is 2. The SMILES string of the molecule is COC(=O)[C@@H]1[C@H]2C=C[C@@]3(CN(c4cccc5ccccc45)C(=O)[C@@H]13)O2. The Balaban J connectivity index is 1.61. The minimum Gasteiger partial charge on any atom is -0.469 e. The topological polar surface area (TPSA) is 55.8 Å². The number of amides is 1. The lowest BCUT2D eigenvalue weighted by molar-refractivity contribution is -0.149. The standard InChI is InChI=1S/C20H17NO4/c1-24-19(23)16-15-9-10-20(25-15)11-21(18(22)17(16)20)14-8-4-6-12-5-2-3-7-13(12)14/h2-10,15-17H,11H2,1H3/t15-,16-,17-,20+/m1/s1. The first-order chi connectivity index (χ1) is 12.1. The highest BCUT2D eigenvalue weighted by Crippen LogP contribution is 2.53. The molecule has 0 aromatic heterocycles. The zero-order chi connectivity index (χ0) is 17.2. The molecule has 2 aromatic rings. The van der Waals surface area contributed by atoms with Crippen LogP contribution in [0.1, 0.15) is 0 Å². The summed E-state index contributed by atoms with van der Waals surface area (Å²) < 4.78 is 11.0. The minimum absolute atomic E-state index is 0.0707. The molecular weight excluding hydrogens is 318 g/mol.